The number of carbonyl (C=O) groups excluding carboxylic acids is 2. The van der Waals surface area contributed by atoms with Crippen LogP contribution in [-0.2, 0) is 19.6 Å². The lowest BCUT2D eigenvalue weighted by Gasteiger charge is -2.31. The van der Waals surface area contributed by atoms with Crippen molar-refractivity contribution in [3.8, 4) is 0 Å². The molecule has 0 spiro atoms. The number of anilines is 3. The molecule has 2 aromatic rings. The first-order chi connectivity index (χ1) is 18.1. The van der Waals surface area contributed by atoms with Crippen LogP contribution in [0.3, 0.4) is 0 Å². The van der Waals surface area contributed by atoms with Gasteiger partial charge in [-0.1, -0.05) is 0 Å². The normalized spacial score (nSPS) is 13.7. The minimum Gasteiger partial charge on any atom is -0.475 e. The van der Waals surface area contributed by atoms with E-state index in [1.165, 1.54) is 31.2 Å². The van der Waals surface area contributed by atoms with Gasteiger partial charge < -0.3 is 26.0 Å². The van der Waals surface area contributed by atoms with Crippen molar-refractivity contribution in [3.63, 3.8) is 0 Å². The average Bonchev–Trinajstić information content (AvgIpc) is 2.83. The zero-order chi connectivity index (χ0) is 29.4. The van der Waals surface area contributed by atoms with Crippen LogP contribution in [0.1, 0.15) is 31.1 Å². The second-order valence-corrected chi connectivity index (χ2v) is 10.4. The number of alkyl halides is 3. The molecular weight excluding hydrogens is 543 g/mol. The lowest BCUT2D eigenvalue weighted by molar-refractivity contribution is -0.192. The van der Waals surface area contributed by atoms with Crippen molar-refractivity contribution in [2.45, 2.75) is 37.9 Å². The highest BCUT2D eigenvalue weighted by Gasteiger charge is 2.38. The Morgan fingerprint density at radius 2 is 1.59 bits per heavy atom. The van der Waals surface area contributed by atoms with Crippen LogP contribution in [0.5, 0.6) is 0 Å². The number of sulfonamides is 1. The lowest BCUT2D eigenvalue weighted by Crippen LogP contribution is -2.43. The Kier molecular flexibility index (Phi) is 10.7. The fourth-order valence-electron chi connectivity index (χ4n) is 3.41. The molecule has 0 bridgehead atoms. The molecule has 1 fully saturated rings. The summed E-state index contributed by atoms with van der Waals surface area (Å²) in [7, 11) is -3.92. The van der Waals surface area contributed by atoms with E-state index < -0.39 is 22.2 Å². The molecule has 39 heavy (non-hydrogen) atoms. The highest BCUT2D eigenvalue weighted by Crippen LogP contribution is 2.30. The third-order valence-corrected chi connectivity index (χ3v) is 6.49. The van der Waals surface area contributed by atoms with Crippen molar-refractivity contribution in [1.29, 1.82) is 0 Å². The Morgan fingerprint density at radius 3 is 2.08 bits per heavy atom. The predicted molar refractivity (Wildman–Crippen MR) is 139 cm³/mol. The first-order valence-corrected chi connectivity index (χ1v) is 13.2. The standard InChI is InChI=1S/C22H29N5O4S.C2HF3O2/c1-15(2)24-22(29)17-4-9-21(27-12-10-23-11-13-27)20(14-17)26-32(30,31)19-7-5-18(6-8-19)25-16(3)28;3-2(4,5)1(6)7/h4-9,14-15,23,26H,10-13H2,1-3H3,(H,24,29)(H,25,28);(H,6,7). The Hall–Kier alpha value is -3.85. The lowest BCUT2D eigenvalue weighted by atomic mass is 10.1. The van der Waals surface area contributed by atoms with Gasteiger partial charge in [-0.15, -0.1) is 0 Å². The first-order valence-electron chi connectivity index (χ1n) is 11.7. The molecule has 15 heteroatoms. The van der Waals surface area contributed by atoms with Crippen LogP contribution >= 0.6 is 0 Å². The van der Waals surface area contributed by atoms with E-state index in [-0.39, 0.29) is 22.8 Å². The molecule has 0 aliphatic carbocycles. The fourth-order valence-corrected chi connectivity index (χ4v) is 4.48. The third-order valence-electron chi connectivity index (χ3n) is 5.11. The van der Waals surface area contributed by atoms with Gasteiger partial charge in [0.1, 0.15) is 0 Å². The Balaban J connectivity index is 0.000000673. The smallest absolute Gasteiger partial charge is 0.475 e. The van der Waals surface area contributed by atoms with E-state index in [0.717, 1.165) is 26.2 Å². The van der Waals surface area contributed by atoms with Gasteiger partial charge in [0.05, 0.1) is 16.3 Å². The second kappa shape index (κ2) is 13.3. The summed E-state index contributed by atoms with van der Waals surface area (Å²) in [6.07, 6.45) is -5.08. The first kappa shape index (κ1) is 31.4. The van der Waals surface area contributed by atoms with Crippen molar-refractivity contribution in [2.24, 2.45) is 0 Å². The summed E-state index contributed by atoms with van der Waals surface area (Å²) in [5.74, 6) is -3.27. The Bertz CT molecular complexity index is 1280. The largest absolute Gasteiger partial charge is 0.490 e. The Morgan fingerprint density at radius 1 is 1.03 bits per heavy atom. The summed E-state index contributed by atoms with van der Waals surface area (Å²) in [5.41, 5.74) is 1.93. The maximum absolute atomic E-state index is 13.1. The number of piperazine rings is 1. The van der Waals surface area contributed by atoms with Gasteiger partial charge in [-0.3, -0.25) is 14.3 Å². The van der Waals surface area contributed by atoms with Crippen LogP contribution in [0.4, 0.5) is 30.2 Å². The van der Waals surface area contributed by atoms with E-state index in [0.29, 0.717) is 22.6 Å². The molecule has 1 heterocycles. The molecule has 0 unspecified atom stereocenters. The van der Waals surface area contributed by atoms with E-state index in [2.05, 4.69) is 25.6 Å². The number of halogens is 3. The summed E-state index contributed by atoms with van der Waals surface area (Å²) in [6.45, 7) is 8.11. The molecule has 214 valence electrons. The van der Waals surface area contributed by atoms with Crippen LogP contribution in [0.25, 0.3) is 0 Å². The highest BCUT2D eigenvalue weighted by molar-refractivity contribution is 7.92. The van der Waals surface area contributed by atoms with Gasteiger partial charge in [0, 0.05) is 50.4 Å². The van der Waals surface area contributed by atoms with Crippen molar-refractivity contribution in [1.82, 2.24) is 10.6 Å². The zero-order valence-corrected chi connectivity index (χ0v) is 22.2. The van der Waals surface area contributed by atoms with Crippen molar-refractivity contribution >= 4 is 44.9 Å². The van der Waals surface area contributed by atoms with Crippen LogP contribution < -0.4 is 25.6 Å². The molecule has 0 aromatic heterocycles. The molecule has 0 saturated carbocycles. The maximum Gasteiger partial charge on any atom is 0.490 e. The number of nitrogens with one attached hydrogen (secondary N) is 4. The molecule has 1 aliphatic heterocycles. The number of carboxylic acids is 1. The van der Waals surface area contributed by atoms with Crippen LogP contribution in [0.2, 0.25) is 0 Å². The summed E-state index contributed by atoms with van der Waals surface area (Å²) < 4.78 is 60.6. The quantitative estimate of drug-likeness (QED) is 0.338. The van der Waals surface area contributed by atoms with Gasteiger partial charge in [0.25, 0.3) is 15.9 Å². The van der Waals surface area contributed by atoms with E-state index >= 15 is 0 Å². The molecule has 11 nitrogen and oxygen atoms in total. The minimum absolute atomic E-state index is 0.0439. The minimum atomic E-state index is -5.08. The van der Waals surface area contributed by atoms with E-state index in [1.807, 2.05) is 13.8 Å². The monoisotopic (exact) mass is 573 g/mol. The molecule has 3 rings (SSSR count). The molecule has 2 aromatic carbocycles. The van der Waals surface area contributed by atoms with E-state index in [4.69, 9.17) is 9.90 Å². The number of aliphatic carboxylic acids is 1. The Labute approximate surface area is 223 Å². The van der Waals surface area contributed by atoms with Gasteiger partial charge in [0.2, 0.25) is 5.91 Å². The number of hydrogen-bond acceptors (Lipinski definition) is 7. The second-order valence-electron chi connectivity index (χ2n) is 8.71. The summed E-state index contributed by atoms with van der Waals surface area (Å²) >= 11 is 0. The molecule has 0 atom stereocenters. The molecular formula is C24H30F3N5O6S. The molecule has 2 amide bonds. The van der Waals surface area contributed by atoms with E-state index in [1.54, 1.807) is 18.2 Å². The number of nitrogens with zero attached hydrogens (tertiary/aromatic N) is 1. The maximum atomic E-state index is 13.1. The topological polar surface area (TPSA) is 157 Å². The SMILES string of the molecule is CC(=O)Nc1ccc(S(=O)(=O)Nc2cc(C(=O)NC(C)C)ccc2N2CCNCC2)cc1.O=C(O)C(F)(F)F. The highest BCUT2D eigenvalue weighted by atomic mass is 32.2. The van der Waals surface area contributed by atoms with Crippen molar-refractivity contribution in [3.05, 3.63) is 48.0 Å². The van der Waals surface area contributed by atoms with Crippen molar-refractivity contribution in [2.75, 3.05) is 41.1 Å². The summed E-state index contributed by atoms with van der Waals surface area (Å²) in [4.78, 5) is 34.7. The zero-order valence-electron chi connectivity index (χ0n) is 21.4. The van der Waals surface area contributed by atoms with Gasteiger partial charge in [-0.2, -0.15) is 13.2 Å². The van der Waals surface area contributed by atoms with Crippen LogP contribution in [0.15, 0.2) is 47.4 Å². The molecule has 0 radical (unpaired) electrons. The molecule has 1 aliphatic rings. The number of carbonyl (C=O) groups is 3. The number of hydrogen-bond donors (Lipinski definition) is 5. The number of rotatable bonds is 7. The molecule has 1 saturated heterocycles. The number of amides is 2. The predicted octanol–water partition coefficient (Wildman–Crippen LogP) is 2.63. The van der Waals surface area contributed by atoms with Gasteiger partial charge in [0.15, 0.2) is 0 Å². The van der Waals surface area contributed by atoms with Gasteiger partial charge in [-0.05, 0) is 56.3 Å². The van der Waals surface area contributed by atoms with E-state index in [9.17, 15) is 31.2 Å². The number of carboxylic acid groups (broad SMARTS) is 1. The van der Waals surface area contributed by atoms with Crippen LogP contribution in [-0.4, -0.2) is 69.7 Å². The van der Waals surface area contributed by atoms with Crippen molar-refractivity contribution < 1.29 is 41.1 Å². The number of benzene rings is 2. The van der Waals surface area contributed by atoms with Gasteiger partial charge in [-0.25, -0.2) is 13.2 Å². The third kappa shape index (κ3) is 9.76. The summed E-state index contributed by atoms with van der Waals surface area (Å²) in [5, 5.41) is 15.8. The summed E-state index contributed by atoms with van der Waals surface area (Å²) in [6, 6.07) is 10.9. The average molecular weight is 574 g/mol. The van der Waals surface area contributed by atoms with Gasteiger partial charge >= 0.3 is 12.1 Å². The fraction of sp³-hybridized carbons (Fsp3) is 0.375. The molecule has 5 N–H and O–H groups in total. The van der Waals surface area contributed by atoms with Crippen LogP contribution in [0, 0.1) is 0 Å².